The molecule has 2 aliphatic carbocycles. The molecule has 2 aliphatic rings. The van der Waals surface area contributed by atoms with E-state index in [4.69, 9.17) is 4.52 Å². The van der Waals surface area contributed by atoms with Crippen molar-refractivity contribution in [3.8, 4) is 0 Å². The number of allylic oxidation sites excluding steroid dienone is 2. The van der Waals surface area contributed by atoms with Crippen molar-refractivity contribution in [3.05, 3.63) is 29.2 Å². The molecular weight excluding hydrogens is 236 g/mol. The maximum atomic E-state index is 5.27. The Labute approximate surface area is 115 Å². The molecule has 1 fully saturated rings. The van der Waals surface area contributed by atoms with Gasteiger partial charge in [-0.3, -0.25) is 0 Å². The summed E-state index contributed by atoms with van der Waals surface area (Å²) in [6.45, 7) is 8.56. The van der Waals surface area contributed by atoms with Crippen LogP contribution in [0.3, 0.4) is 0 Å². The van der Waals surface area contributed by atoms with Crippen LogP contribution in [0.15, 0.2) is 16.7 Å². The molecule has 1 N–H and O–H groups in total. The van der Waals surface area contributed by atoms with Crippen molar-refractivity contribution in [1.82, 2.24) is 10.5 Å². The van der Waals surface area contributed by atoms with Gasteiger partial charge in [0.05, 0.1) is 5.69 Å². The van der Waals surface area contributed by atoms with Gasteiger partial charge >= 0.3 is 0 Å². The molecule has 1 aromatic rings. The Bertz CT molecular complexity index is 471. The second kappa shape index (κ2) is 4.78. The maximum Gasteiger partial charge on any atom is 0.138 e. The third-order valence-corrected chi connectivity index (χ3v) is 5.01. The summed E-state index contributed by atoms with van der Waals surface area (Å²) in [6.07, 6.45) is 7.56. The number of nitrogens with one attached hydrogen (secondary N) is 1. The van der Waals surface area contributed by atoms with Gasteiger partial charge < -0.3 is 9.84 Å². The van der Waals surface area contributed by atoms with Crippen LogP contribution in [0.5, 0.6) is 0 Å². The van der Waals surface area contributed by atoms with E-state index in [9.17, 15) is 0 Å². The van der Waals surface area contributed by atoms with E-state index in [-0.39, 0.29) is 0 Å². The standard InChI is InChI=1S/C16H24N2O/c1-9(15-8-13-5-6-14(15)7-13)17-10(2)16-11(3)18-19-12(16)4/h5-6,9-10,13-15,17H,7-8H2,1-4H3. The van der Waals surface area contributed by atoms with E-state index >= 15 is 0 Å². The lowest BCUT2D eigenvalue weighted by Gasteiger charge is -2.29. The number of rotatable bonds is 4. The highest BCUT2D eigenvalue weighted by atomic mass is 16.5. The molecule has 1 saturated carbocycles. The summed E-state index contributed by atoms with van der Waals surface area (Å²) < 4.78 is 5.27. The third-order valence-electron chi connectivity index (χ3n) is 5.01. The molecule has 3 rings (SSSR count). The molecule has 19 heavy (non-hydrogen) atoms. The van der Waals surface area contributed by atoms with Gasteiger partial charge in [-0.15, -0.1) is 0 Å². The van der Waals surface area contributed by atoms with Crippen molar-refractivity contribution in [3.63, 3.8) is 0 Å². The van der Waals surface area contributed by atoms with Crippen molar-refractivity contribution in [2.24, 2.45) is 17.8 Å². The average Bonchev–Trinajstić information content (AvgIpc) is 3.05. The fraction of sp³-hybridized carbons (Fsp3) is 0.688. The molecule has 0 amide bonds. The molecule has 3 nitrogen and oxygen atoms in total. The van der Waals surface area contributed by atoms with Gasteiger partial charge in [0.2, 0.25) is 0 Å². The van der Waals surface area contributed by atoms with E-state index in [1.165, 1.54) is 18.4 Å². The molecule has 3 heteroatoms. The number of nitrogens with zero attached hydrogens (tertiary/aromatic N) is 1. The van der Waals surface area contributed by atoms with Gasteiger partial charge in [0.25, 0.3) is 0 Å². The van der Waals surface area contributed by atoms with Crippen LogP contribution in [0.25, 0.3) is 0 Å². The fourth-order valence-corrected chi connectivity index (χ4v) is 4.11. The Hall–Kier alpha value is -1.09. The van der Waals surface area contributed by atoms with E-state index in [0.29, 0.717) is 12.1 Å². The summed E-state index contributed by atoms with van der Waals surface area (Å²) in [6, 6.07) is 0.855. The van der Waals surface area contributed by atoms with Gasteiger partial charge in [0.15, 0.2) is 0 Å². The zero-order valence-corrected chi connectivity index (χ0v) is 12.3. The smallest absolute Gasteiger partial charge is 0.138 e. The van der Waals surface area contributed by atoms with Gasteiger partial charge in [-0.05, 0) is 58.3 Å². The first kappa shape index (κ1) is 12.9. The quantitative estimate of drug-likeness (QED) is 0.841. The Morgan fingerprint density at radius 3 is 2.58 bits per heavy atom. The molecule has 2 bridgehead atoms. The van der Waals surface area contributed by atoms with E-state index in [2.05, 4.69) is 36.5 Å². The van der Waals surface area contributed by atoms with Gasteiger partial charge in [0.1, 0.15) is 5.76 Å². The lowest BCUT2D eigenvalue weighted by atomic mass is 9.87. The molecule has 5 atom stereocenters. The molecule has 1 aromatic heterocycles. The molecule has 0 spiro atoms. The molecule has 0 aliphatic heterocycles. The van der Waals surface area contributed by atoms with E-state index in [0.717, 1.165) is 29.2 Å². The second-order valence-corrected chi connectivity index (χ2v) is 6.36. The zero-order chi connectivity index (χ0) is 13.6. The lowest BCUT2D eigenvalue weighted by molar-refractivity contribution is 0.305. The average molecular weight is 260 g/mol. The summed E-state index contributed by atoms with van der Waals surface area (Å²) in [4.78, 5) is 0. The molecule has 0 radical (unpaired) electrons. The molecule has 104 valence electrons. The van der Waals surface area contributed by atoms with E-state index < -0.39 is 0 Å². The van der Waals surface area contributed by atoms with E-state index in [1.807, 2.05) is 13.8 Å². The molecule has 5 unspecified atom stereocenters. The first-order chi connectivity index (χ1) is 9.06. The normalized spacial score (nSPS) is 31.9. The topological polar surface area (TPSA) is 38.1 Å². The summed E-state index contributed by atoms with van der Waals surface area (Å²) in [5.41, 5.74) is 2.24. The Kier molecular flexibility index (Phi) is 3.25. The summed E-state index contributed by atoms with van der Waals surface area (Å²) in [7, 11) is 0. The van der Waals surface area contributed by atoms with Crippen LogP contribution in [0.2, 0.25) is 0 Å². The lowest BCUT2D eigenvalue weighted by Crippen LogP contribution is -2.37. The predicted octanol–water partition coefficient (Wildman–Crippen LogP) is 3.54. The zero-order valence-electron chi connectivity index (χ0n) is 12.3. The van der Waals surface area contributed by atoms with Crippen molar-refractivity contribution in [2.45, 2.75) is 52.6 Å². The minimum atomic E-state index is 0.310. The van der Waals surface area contributed by atoms with Crippen LogP contribution in [-0.2, 0) is 0 Å². The Balaban J connectivity index is 1.67. The highest BCUT2D eigenvalue weighted by Gasteiger charge is 2.38. The summed E-state index contributed by atoms with van der Waals surface area (Å²) in [5, 5.41) is 7.81. The molecular formula is C16H24N2O. The molecule has 0 aromatic carbocycles. The van der Waals surface area contributed by atoms with Crippen LogP contribution < -0.4 is 5.32 Å². The van der Waals surface area contributed by atoms with Crippen LogP contribution in [-0.4, -0.2) is 11.2 Å². The maximum absolute atomic E-state index is 5.27. The number of aryl methyl sites for hydroxylation is 2. The fourth-order valence-electron chi connectivity index (χ4n) is 4.11. The van der Waals surface area contributed by atoms with Gasteiger partial charge in [-0.1, -0.05) is 17.3 Å². The highest BCUT2D eigenvalue weighted by molar-refractivity contribution is 5.24. The number of fused-ring (bicyclic) bond motifs is 2. The van der Waals surface area contributed by atoms with Crippen molar-refractivity contribution >= 4 is 0 Å². The predicted molar refractivity (Wildman–Crippen MR) is 75.8 cm³/mol. The van der Waals surface area contributed by atoms with Crippen molar-refractivity contribution < 1.29 is 4.52 Å². The third kappa shape index (κ3) is 2.25. The van der Waals surface area contributed by atoms with Gasteiger partial charge in [-0.2, -0.15) is 0 Å². The molecule has 0 saturated heterocycles. The second-order valence-electron chi connectivity index (χ2n) is 6.36. The van der Waals surface area contributed by atoms with Crippen LogP contribution >= 0.6 is 0 Å². The largest absolute Gasteiger partial charge is 0.361 e. The number of hydrogen-bond donors (Lipinski definition) is 1. The van der Waals surface area contributed by atoms with Crippen LogP contribution in [0.4, 0.5) is 0 Å². The molecule has 1 heterocycles. The first-order valence-corrected chi connectivity index (χ1v) is 7.43. The van der Waals surface area contributed by atoms with Gasteiger partial charge in [-0.25, -0.2) is 0 Å². The summed E-state index contributed by atoms with van der Waals surface area (Å²) in [5.74, 6) is 3.37. The number of aromatic nitrogens is 1. The monoisotopic (exact) mass is 260 g/mol. The van der Waals surface area contributed by atoms with Gasteiger partial charge in [0, 0.05) is 17.6 Å². The summed E-state index contributed by atoms with van der Waals surface area (Å²) >= 11 is 0. The Morgan fingerprint density at radius 1 is 1.26 bits per heavy atom. The van der Waals surface area contributed by atoms with Crippen molar-refractivity contribution in [1.29, 1.82) is 0 Å². The Morgan fingerprint density at radius 2 is 2.05 bits per heavy atom. The highest BCUT2D eigenvalue weighted by Crippen LogP contribution is 2.45. The minimum Gasteiger partial charge on any atom is -0.361 e. The van der Waals surface area contributed by atoms with Crippen LogP contribution in [0, 0.1) is 31.6 Å². The van der Waals surface area contributed by atoms with E-state index in [1.54, 1.807) is 0 Å². The SMILES string of the molecule is Cc1noc(C)c1C(C)NC(C)C1CC2C=CC1C2. The first-order valence-electron chi connectivity index (χ1n) is 7.43. The van der Waals surface area contributed by atoms with Crippen molar-refractivity contribution in [2.75, 3.05) is 0 Å². The van der Waals surface area contributed by atoms with Crippen LogP contribution in [0.1, 0.15) is 49.7 Å². The number of hydrogen-bond acceptors (Lipinski definition) is 3. The minimum absolute atomic E-state index is 0.310.